The lowest BCUT2D eigenvalue weighted by molar-refractivity contribution is 1.52. The Morgan fingerprint density at radius 2 is 1.25 bits per heavy atom. The molecular weight excluding hydrogens is 363 g/mol. The molecule has 0 atom stereocenters. The third kappa shape index (κ3) is 4.46. The van der Waals surface area contributed by atoms with Gasteiger partial charge < -0.3 is 0 Å². The van der Waals surface area contributed by atoms with Gasteiger partial charge in [-0.2, -0.15) is 0 Å². The van der Waals surface area contributed by atoms with Crippen molar-refractivity contribution in [1.82, 2.24) is 0 Å². The molecule has 0 N–H and O–H groups in total. The fourth-order valence-corrected chi connectivity index (χ4v) is 18.8. The lowest BCUT2D eigenvalue weighted by Crippen LogP contribution is -2.28. The molecule has 3 aromatic rings. The Balaban J connectivity index is 1.95. The van der Waals surface area contributed by atoms with Crippen molar-refractivity contribution < 1.29 is 0 Å². The molecule has 0 aliphatic rings. The lowest BCUT2D eigenvalue weighted by Gasteiger charge is -2.20. The molecule has 0 amide bonds. The van der Waals surface area contributed by atoms with E-state index in [1.54, 1.807) is 10.4 Å². The van der Waals surface area contributed by atoms with Gasteiger partial charge in [0.15, 0.2) is 0 Å². The first-order chi connectivity index (χ1) is 11.6. The molecule has 0 aliphatic heterocycles. The molecule has 0 unspecified atom stereocenters. The van der Waals surface area contributed by atoms with Gasteiger partial charge in [-0.15, -0.1) is 7.02 Å². The van der Waals surface area contributed by atoms with E-state index in [1.165, 1.54) is 16.4 Å². The van der Waals surface area contributed by atoms with Crippen LogP contribution < -0.4 is 15.7 Å². The van der Waals surface area contributed by atoms with E-state index >= 15 is 0 Å². The fraction of sp³-hybridized carbons (Fsp3) is 0.100. The van der Waals surface area contributed by atoms with Crippen LogP contribution in [-0.4, -0.2) is 18.4 Å². The van der Waals surface area contributed by atoms with Crippen LogP contribution in [0.5, 0.6) is 0 Å². The quantitative estimate of drug-likeness (QED) is 0.468. The predicted octanol–water partition coefficient (Wildman–Crippen LogP) is 2.88. The average Bonchev–Trinajstić information content (AvgIpc) is 2.58. The molecule has 0 bridgehead atoms. The SMILES string of the molecule is Cc1ccccc1[SiH2]P([SiH2]c1ccccc1C)c1cccc(Cl)c1. The summed E-state index contributed by atoms with van der Waals surface area (Å²) in [5.74, 6) is 0. The summed E-state index contributed by atoms with van der Waals surface area (Å²) in [6, 6.07) is 26.5. The van der Waals surface area contributed by atoms with E-state index in [0.29, 0.717) is 0 Å². The predicted molar refractivity (Wildman–Crippen MR) is 117 cm³/mol. The van der Waals surface area contributed by atoms with Gasteiger partial charge in [0, 0.05) is 5.02 Å². The van der Waals surface area contributed by atoms with Gasteiger partial charge >= 0.3 is 0 Å². The Kier molecular flexibility index (Phi) is 6.07. The van der Waals surface area contributed by atoms with Crippen molar-refractivity contribution >= 4 is 52.7 Å². The second-order valence-electron chi connectivity index (χ2n) is 6.19. The van der Waals surface area contributed by atoms with Crippen LogP contribution in [0.15, 0.2) is 72.8 Å². The van der Waals surface area contributed by atoms with Gasteiger partial charge in [0.25, 0.3) is 0 Å². The summed E-state index contributed by atoms with van der Waals surface area (Å²) in [7, 11) is -0.729. The smallest absolute Gasteiger partial charge is 0.0828 e. The Bertz CT molecular complexity index is 788. The van der Waals surface area contributed by atoms with Crippen molar-refractivity contribution in [2.45, 2.75) is 13.8 Å². The molecule has 0 saturated heterocycles. The zero-order valence-electron chi connectivity index (χ0n) is 14.2. The second-order valence-corrected chi connectivity index (χ2v) is 19.5. The van der Waals surface area contributed by atoms with E-state index in [1.807, 2.05) is 6.07 Å². The second kappa shape index (κ2) is 8.27. The molecule has 0 aliphatic carbocycles. The summed E-state index contributed by atoms with van der Waals surface area (Å²) < 4.78 is 0. The molecule has 0 fully saturated rings. The van der Waals surface area contributed by atoms with Crippen molar-refractivity contribution in [3.8, 4) is 0 Å². The standard InChI is InChI=1S/C20H22ClPSi2/c1-15-8-3-5-12-19(15)23-22(18-11-7-10-17(21)14-18)24-20-13-6-4-9-16(20)2/h3-14H,23-24H2,1-2H3. The van der Waals surface area contributed by atoms with Crippen molar-refractivity contribution in [3.63, 3.8) is 0 Å². The maximum atomic E-state index is 6.30. The number of rotatable bonds is 5. The molecule has 24 heavy (non-hydrogen) atoms. The molecular formula is C20H22ClPSi2. The van der Waals surface area contributed by atoms with Crippen LogP contribution in [0.4, 0.5) is 0 Å². The summed E-state index contributed by atoms with van der Waals surface area (Å²) in [6.45, 7) is 4.51. The summed E-state index contributed by atoms with van der Waals surface area (Å²) >= 11 is 6.30. The molecule has 0 heterocycles. The third-order valence-electron chi connectivity index (χ3n) is 4.42. The molecule has 0 saturated carbocycles. The van der Waals surface area contributed by atoms with Gasteiger partial charge in [-0.3, -0.25) is 0 Å². The largest absolute Gasteiger partial charge is 0.102 e. The van der Waals surface area contributed by atoms with Crippen LogP contribution in [-0.2, 0) is 0 Å². The van der Waals surface area contributed by atoms with Crippen molar-refractivity contribution in [3.05, 3.63) is 88.9 Å². The molecule has 3 rings (SSSR count). The number of hydrogen-bond donors (Lipinski definition) is 0. The number of hydrogen-bond acceptors (Lipinski definition) is 0. The first-order valence-corrected chi connectivity index (χ1v) is 15.5. The van der Waals surface area contributed by atoms with Gasteiger partial charge in [-0.25, -0.2) is 0 Å². The van der Waals surface area contributed by atoms with Crippen molar-refractivity contribution in [2.24, 2.45) is 0 Å². The topological polar surface area (TPSA) is 0 Å². The first kappa shape index (κ1) is 17.6. The van der Waals surface area contributed by atoms with Crippen LogP contribution >= 0.6 is 18.6 Å². The maximum absolute atomic E-state index is 6.30. The summed E-state index contributed by atoms with van der Waals surface area (Å²) in [6.07, 6.45) is 0. The van der Waals surface area contributed by atoms with E-state index in [9.17, 15) is 0 Å². The van der Waals surface area contributed by atoms with Gasteiger partial charge in [0.05, 0.1) is 18.4 Å². The number of aryl methyl sites for hydroxylation is 2. The van der Waals surface area contributed by atoms with Crippen LogP contribution in [0, 0.1) is 13.8 Å². The maximum Gasteiger partial charge on any atom is 0.0828 e. The fourth-order valence-electron chi connectivity index (χ4n) is 2.90. The van der Waals surface area contributed by atoms with E-state index in [-0.39, 0.29) is 25.4 Å². The Morgan fingerprint density at radius 3 is 1.75 bits per heavy atom. The minimum Gasteiger partial charge on any atom is -0.102 e. The van der Waals surface area contributed by atoms with Crippen LogP contribution in [0.2, 0.25) is 5.02 Å². The van der Waals surface area contributed by atoms with E-state index < -0.39 is 0 Å². The van der Waals surface area contributed by atoms with Crippen molar-refractivity contribution in [1.29, 1.82) is 0 Å². The van der Waals surface area contributed by atoms with E-state index in [0.717, 1.165) is 5.02 Å². The molecule has 0 nitrogen and oxygen atoms in total. The Hall–Kier alpha value is -1.19. The normalized spacial score (nSPS) is 13.1. The molecule has 3 aromatic carbocycles. The highest BCUT2D eigenvalue weighted by molar-refractivity contribution is 8.13. The Morgan fingerprint density at radius 1 is 0.708 bits per heavy atom. The lowest BCUT2D eigenvalue weighted by atomic mass is 10.2. The first-order valence-electron chi connectivity index (χ1n) is 8.23. The zero-order chi connectivity index (χ0) is 16.9. The van der Waals surface area contributed by atoms with Crippen LogP contribution in [0.3, 0.4) is 0 Å². The van der Waals surface area contributed by atoms with Gasteiger partial charge in [0.1, 0.15) is 0 Å². The summed E-state index contributed by atoms with van der Waals surface area (Å²) in [5, 5.41) is 5.61. The van der Waals surface area contributed by atoms with Crippen molar-refractivity contribution in [2.75, 3.05) is 0 Å². The van der Waals surface area contributed by atoms with Gasteiger partial charge in [-0.1, -0.05) is 93.8 Å². The number of halogens is 1. The van der Waals surface area contributed by atoms with E-state index in [4.69, 9.17) is 11.6 Å². The minimum absolute atomic E-state index is 0.0636. The molecule has 122 valence electrons. The number of benzene rings is 3. The Labute approximate surface area is 155 Å². The van der Waals surface area contributed by atoms with E-state index in [2.05, 4.69) is 80.6 Å². The molecule has 0 radical (unpaired) electrons. The summed E-state index contributed by atoms with van der Waals surface area (Å²) in [4.78, 5) is 0. The van der Waals surface area contributed by atoms with Crippen LogP contribution in [0.25, 0.3) is 0 Å². The van der Waals surface area contributed by atoms with Gasteiger partial charge in [-0.05, 0) is 31.3 Å². The monoisotopic (exact) mass is 384 g/mol. The highest BCUT2D eigenvalue weighted by Crippen LogP contribution is 2.31. The van der Waals surface area contributed by atoms with Crippen LogP contribution in [0.1, 0.15) is 11.1 Å². The molecule has 4 heteroatoms. The molecule has 0 aromatic heterocycles. The zero-order valence-corrected chi connectivity index (χ0v) is 18.6. The summed E-state index contributed by atoms with van der Waals surface area (Å²) in [5.41, 5.74) is 2.91. The highest BCUT2D eigenvalue weighted by Gasteiger charge is 2.16. The highest BCUT2D eigenvalue weighted by atomic mass is 35.5. The minimum atomic E-state index is -0.333. The third-order valence-corrected chi connectivity index (χ3v) is 19.2. The molecule has 0 spiro atoms. The van der Waals surface area contributed by atoms with Gasteiger partial charge in [0.2, 0.25) is 0 Å². The average molecular weight is 385 g/mol.